The number of carboxylic acids is 1. The summed E-state index contributed by atoms with van der Waals surface area (Å²) in [6, 6.07) is 2.90. The number of hydrogen-bond donors (Lipinski definition) is 3. The third kappa shape index (κ3) is 3.96. The van der Waals surface area contributed by atoms with Crippen molar-refractivity contribution in [3.63, 3.8) is 0 Å². The molecule has 6 nitrogen and oxygen atoms in total. The van der Waals surface area contributed by atoms with E-state index in [0.717, 1.165) is 0 Å². The van der Waals surface area contributed by atoms with E-state index >= 15 is 0 Å². The number of amides is 1. The maximum Gasteiger partial charge on any atom is 0.309 e. The van der Waals surface area contributed by atoms with Crippen LogP contribution in [0.25, 0.3) is 0 Å². The Balaban J connectivity index is 3.32. The van der Waals surface area contributed by atoms with Crippen LogP contribution in [-0.2, 0) is 15.2 Å². The molecule has 1 aromatic rings. The predicted octanol–water partition coefficient (Wildman–Crippen LogP) is 2.65. The summed E-state index contributed by atoms with van der Waals surface area (Å²) in [5.74, 6) is -2.51. The molecule has 0 aliphatic carbocycles. The highest BCUT2D eigenvalue weighted by molar-refractivity contribution is 6.29. The van der Waals surface area contributed by atoms with Crippen molar-refractivity contribution in [3.8, 4) is 0 Å². The van der Waals surface area contributed by atoms with E-state index in [4.69, 9.17) is 16.7 Å². The zero-order valence-corrected chi connectivity index (χ0v) is 14.0. The standard InChI is InChI=1S/C15H21ClN2O4/c1-8(12(19)20)15(5,22)9-6-7-10(16)17-11(9)18-13(21)14(2,3)4/h6-8,22H,1-5H3,(H,19,20)(H,17,18,21). The number of carboxylic acid groups (broad SMARTS) is 1. The van der Waals surface area contributed by atoms with E-state index in [0.29, 0.717) is 0 Å². The van der Waals surface area contributed by atoms with Gasteiger partial charge in [0.1, 0.15) is 16.6 Å². The van der Waals surface area contributed by atoms with Gasteiger partial charge in [0.2, 0.25) is 5.91 Å². The fraction of sp³-hybridized carbons (Fsp3) is 0.533. The van der Waals surface area contributed by atoms with Crippen LogP contribution in [0.15, 0.2) is 12.1 Å². The van der Waals surface area contributed by atoms with Gasteiger partial charge in [0.25, 0.3) is 0 Å². The minimum absolute atomic E-state index is 0.0607. The molecule has 0 bridgehead atoms. The van der Waals surface area contributed by atoms with Crippen molar-refractivity contribution >= 4 is 29.3 Å². The van der Waals surface area contributed by atoms with Crippen molar-refractivity contribution < 1.29 is 19.8 Å². The molecule has 0 aromatic carbocycles. The monoisotopic (exact) mass is 328 g/mol. The van der Waals surface area contributed by atoms with Gasteiger partial charge in [0, 0.05) is 11.0 Å². The van der Waals surface area contributed by atoms with Crippen molar-refractivity contribution in [3.05, 3.63) is 22.8 Å². The van der Waals surface area contributed by atoms with Crippen molar-refractivity contribution in [2.75, 3.05) is 5.32 Å². The number of aliphatic hydroxyl groups is 1. The first-order valence-corrected chi connectivity index (χ1v) is 7.19. The second-order valence-electron chi connectivity index (χ2n) is 6.44. The lowest BCUT2D eigenvalue weighted by Crippen LogP contribution is -2.37. The lowest BCUT2D eigenvalue weighted by Gasteiger charge is -2.30. The Bertz CT molecular complexity index is 594. The molecule has 1 rings (SSSR count). The van der Waals surface area contributed by atoms with Gasteiger partial charge >= 0.3 is 5.97 Å². The second kappa shape index (κ2) is 6.22. The third-order valence-electron chi connectivity index (χ3n) is 3.53. The molecule has 1 aromatic heterocycles. The van der Waals surface area contributed by atoms with Crippen LogP contribution in [0.3, 0.4) is 0 Å². The van der Waals surface area contributed by atoms with Gasteiger partial charge < -0.3 is 15.5 Å². The number of carbonyl (C=O) groups excluding carboxylic acids is 1. The van der Waals surface area contributed by atoms with E-state index in [2.05, 4.69) is 10.3 Å². The molecular formula is C15H21ClN2O4. The van der Waals surface area contributed by atoms with E-state index in [1.807, 2.05) is 0 Å². The Hall–Kier alpha value is -1.66. The Labute approximate surface area is 134 Å². The van der Waals surface area contributed by atoms with Crippen molar-refractivity contribution in [1.82, 2.24) is 4.98 Å². The van der Waals surface area contributed by atoms with Gasteiger partial charge in [-0.05, 0) is 26.0 Å². The average Bonchev–Trinajstić information content (AvgIpc) is 2.36. The fourth-order valence-electron chi connectivity index (χ4n) is 1.71. The summed E-state index contributed by atoms with van der Waals surface area (Å²) in [6.45, 7) is 7.93. The zero-order chi connectivity index (χ0) is 17.3. The highest BCUT2D eigenvalue weighted by Crippen LogP contribution is 2.35. The number of anilines is 1. The van der Waals surface area contributed by atoms with Gasteiger partial charge in [0.15, 0.2) is 0 Å². The number of nitrogens with zero attached hydrogens (tertiary/aromatic N) is 1. The largest absolute Gasteiger partial charge is 0.481 e. The molecule has 1 heterocycles. The van der Waals surface area contributed by atoms with Gasteiger partial charge in [-0.15, -0.1) is 0 Å². The Morgan fingerprint density at radius 1 is 1.27 bits per heavy atom. The summed E-state index contributed by atoms with van der Waals surface area (Å²) < 4.78 is 0. The number of pyridine rings is 1. The molecule has 1 amide bonds. The number of carbonyl (C=O) groups is 2. The number of halogens is 1. The lowest BCUT2D eigenvalue weighted by molar-refractivity contribution is -0.150. The van der Waals surface area contributed by atoms with Crippen LogP contribution in [0.1, 0.15) is 40.2 Å². The SMILES string of the molecule is CC(C(=O)O)C(C)(O)c1ccc(Cl)nc1NC(=O)C(C)(C)C. The minimum Gasteiger partial charge on any atom is -0.481 e. The van der Waals surface area contributed by atoms with Crippen molar-refractivity contribution in [2.45, 2.75) is 40.2 Å². The van der Waals surface area contributed by atoms with E-state index in [-0.39, 0.29) is 22.4 Å². The van der Waals surface area contributed by atoms with Crippen LogP contribution in [0.5, 0.6) is 0 Å². The molecule has 7 heteroatoms. The summed E-state index contributed by atoms with van der Waals surface area (Å²) in [5, 5.41) is 22.5. The predicted molar refractivity (Wildman–Crippen MR) is 83.7 cm³/mol. The van der Waals surface area contributed by atoms with Gasteiger partial charge in [-0.1, -0.05) is 32.4 Å². The maximum atomic E-state index is 12.1. The summed E-state index contributed by atoms with van der Waals surface area (Å²) in [7, 11) is 0. The van der Waals surface area contributed by atoms with Crippen LogP contribution < -0.4 is 5.32 Å². The summed E-state index contributed by atoms with van der Waals surface area (Å²) in [6.07, 6.45) is 0. The maximum absolute atomic E-state index is 12.1. The van der Waals surface area contributed by atoms with Crippen molar-refractivity contribution in [2.24, 2.45) is 11.3 Å². The molecule has 0 saturated carbocycles. The van der Waals surface area contributed by atoms with E-state index in [1.54, 1.807) is 20.8 Å². The normalized spacial score (nSPS) is 15.8. The zero-order valence-electron chi connectivity index (χ0n) is 13.3. The summed E-state index contributed by atoms with van der Waals surface area (Å²) in [5.41, 5.74) is -2.19. The number of rotatable bonds is 4. The smallest absolute Gasteiger partial charge is 0.309 e. The second-order valence-corrected chi connectivity index (χ2v) is 6.83. The third-order valence-corrected chi connectivity index (χ3v) is 3.74. The summed E-state index contributed by atoms with van der Waals surface area (Å²) >= 11 is 5.85. The van der Waals surface area contributed by atoms with E-state index < -0.39 is 22.9 Å². The van der Waals surface area contributed by atoms with E-state index in [1.165, 1.54) is 26.0 Å². The fourth-order valence-corrected chi connectivity index (χ4v) is 1.86. The molecule has 3 N–H and O–H groups in total. The van der Waals surface area contributed by atoms with Crippen LogP contribution in [0.2, 0.25) is 5.15 Å². The quantitative estimate of drug-likeness (QED) is 0.738. The number of aliphatic carboxylic acids is 1. The Morgan fingerprint density at radius 2 is 1.82 bits per heavy atom. The number of nitrogens with one attached hydrogen (secondary N) is 1. The molecule has 2 atom stereocenters. The highest BCUT2D eigenvalue weighted by Gasteiger charge is 2.38. The molecule has 0 saturated heterocycles. The molecule has 0 fully saturated rings. The van der Waals surface area contributed by atoms with Gasteiger partial charge in [0.05, 0.1) is 5.92 Å². The Kier molecular flexibility index (Phi) is 5.20. The molecule has 0 aliphatic heterocycles. The molecule has 0 spiro atoms. The van der Waals surface area contributed by atoms with Crippen molar-refractivity contribution in [1.29, 1.82) is 0 Å². The lowest BCUT2D eigenvalue weighted by atomic mass is 9.84. The minimum atomic E-state index is -1.72. The van der Waals surface area contributed by atoms with E-state index in [9.17, 15) is 14.7 Å². The number of hydrogen-bond acceptors (Lipinski definition) is 4. The first-order chi connectivity index (χ1) is 9.87. The molecule has 0 radical (unpaired) electrons. The summed E-state index contributed by atoms with van der Waals surface area (Å²) in [4.78, 5) is 27.3. The molecule has 22 heavy (non-hydrogen) atoms. The Morgan fingerprint density at radius 3 is 2.27 bits per heavy atom. The number of aromatic nitrogens is 1. The first kappa shape index (κ1) is 18.4. The van der Waals surface area contributed by atoms with Crippen LogP contribution in [0, 0.1) is 11.3 Å². The van der Waals surface area contributed by atoms with Gasteiger partial charge in [-0.2, -0.15) is 0 Å². The topological polar surface area (TPSA) is 99.5 Å². The van der Waals surface area contributed by atoms with Crippen LogP contribution >= 0.6 is 11.6 Å². The van der Waals surface area contributed by atoms with Crippen LogP contribution in [0.4, 0.5) is 5.82 Å². The first-order valence-electron chi connectivity index (χ1n) is 6.81. The molecule has 0 aliphatic rings. The molecule has 2 unspecified atom stereocenters. The highest BCUT2D eigenvalue weighted by atomic mass is 35.5. The van der Waals surface area contributed by atoms with Gasteiger partial charge in [-0.25, -0.2) is 4.98 Å². The van der Waals surface area contributed by atoms with Crippen LogP contribution in [-0.4, -0.2) is 27.1 Å². The average molecular weight is 329 g/mol. The molecule has 122 valence electrons. The molecular weight excluding hydrogens is 308 g/mol. The van der Waals surface area contributed by atoms with Gasteiger partial charge in [-0.3, -0.25) is 9.59 Å².